The van der Waals surface area contributed by atoms with Gasteiger partial charge in [-0.3, -0.25) is 10.1 Å². The van der Waals surface area contributed by atoms with Gasteiger partial charge in [-0.05, 0) is 37.8 Å². The number of aromatic nitrogens is 2. The van der Waals surface area contributed by atoms with Gasteiger partial charge in [0.2, 0.25) is 0 Å². The quantitative estimate of drug-likeness (QED) is 0.847. The molecule has 0 radical (unpaired) electrons. The van der Waals surface area contributed by atoms with Crippen molar-refractivity contribution in [2.24, 2.45) is 0 Å². The first kappa shape index (κ1) is 14.5. The highest BCUT2D eigenvalue weighted by Gasteiger charge is 2.15. The summed E-state index contributed by atoms with van der Waals surface area (Å²) in [6.07, 6.45) is 8.52. The van der Waals surface area contributed by atoms with Gasteiger partial charge in [-0.1, -0.05) is 24.4 Å². The Balaban J connectivity index is 1.74. The Bertz CT molecular complexity index is 613. The van der Waals surface area contributed by atoms with Gasteiger partial charge in [-0.15, -0.1) is 11.3 Å². The molecular formula is C15H16ClN3OS. The van der Waals surface area contributed by atoms with Crippen LogP contribution in [0.25, 0.3) is 0 Å². The highest BCUT2D eigenvalue weighted by molar-refractivity contribution is 7.15. The summed E-state index contributed by atoms with van der Waals surface area (Å²) in [5.74, 6) is -0.194. The summed E-state index contributed by atoms with van der Waals surface area (Å²) >= 11 is 7.32. The molecule has 0 fully saturated rings. The summed E-state index contributed by atoms with van der Waals surface area (Å²) in [4.78, 5) is 22.0. The van der Waals surface area contributed by atoms with E-state index in [-0.39, 0.29) is 5.91 Å². The van der Waals surface area contributed by atoms with E-state index < -0.39 is 0 Å². The van der Waals surface area contributed by atoms with Crippen LogP contribution >= 0.6 is 22.9 Å². The molecule has 1 aliphatic carbocycles. The molecule has 0 saturated heterocycles. The number of aryl methyl sites for hydroxylation is 2. The average Bonchev–Trinajstić information content (AvgIpc) is 2.81. The van der Waals surface area contributed by atoms with Crippen molar-refractivity contribution in [3.63, 3.8) is 0 Å². The number of fused-ring (bicyclic) bond motifs is 1. The Kier molecular flexibility index (Phi) is 4.51. The fourth-order valence-corrected chi connectivity index (χ4v) is 3.60. The van der Waals surface area contributed by atoms with E-state index in [1.807, 2.05) is 0 Å². The molecule has 3 rings (SSSR count). The molecule has 0 spiro atoms. The first-order chi connectivity index (χ1) is 10.2. The first-order valence-corrected chi connectivity index (χ1v) is 8.33. The van der Waals surface area contributed by atoms with E-state index in [4.69, 9.17) is 11.6 Å². The fraction of sp³-hybridized carbons (Fsp3) is 0.400. The third-order valence-electron chi connectivity index (χ3n) is 3.56. The van der Waals surface area contributed by atoms with E-state index in [9.17, 15) is 4.79 Å². The zero-order chi connectivity index (χ0) is 14.7. The van der Waals surface area contributed by atoms with Crippen LogP contribution < -0.4 is 5.32 Å². The van der Waals surface area contributed by atoms with E-state index in [1.165, 1.54) is 36.8 Å². The molecule has 21 heavy (non-hydrogen) atoms. The number of nitrogens with zero attached hydrogens (tertiary/aromatic N) is 2. The van der Waals surface area contributed by atoms with E-state index in [2.05, 4.69) is 15.3 Å². The van der Waals surface area contributed by atoms with Gasteiger partial charge in [0, 0.05) is 11.1 Å². The maximum Gasteiger partial charge on any atom is 0.259 e. The number of pyridine rings is 1. The number of hydrogen-bond acceptors (Lipinski definition) is 4. The number of rotatable bonds is 2. The van der Waals surface area contributed by atoms with Crippen LogP contribution in [0, 0.1) is 0 Å². The Labute approximate surface area is 132 Å². The van der Waals surface area contributed by atoms with Crippen LogP contribution in [0.5, 0.6) is 0 Å². The van der Waals surface area contributed by atoms with Crippen molar-refractivity contribution < 1.29 is 4.79 Å². The van der Waals surface area contributed by atoms with Crippen molar-refractivity contribution in [2.75, 3.05) is 5.32 Å². The lowest BCUT2D eigenvalue weighted by atomic mass is 10.0. The Morgan fingerprint density at radius 1 is 1.19 bits per heavy atom. The van der Waals surface area contributed by atoms with Gasteiger partial charge < -0.3 is 0 Å². The fourth-order valence-electron chi connectivity index (χ4n) is 2.44. The number of anilines is 1. The summed E-state index contributed by atoms with van der Waals surface area (Å²) in [5.41, 5.74) is 1.64. The van der Waals surface area contributed by atoms with Crippen molar-refractivity contribution >= 4 is 34.0 Å². The molecule has 0 bridgehead atoms. The second-order valence-electron chi connectivity index (χ2n) is 5.13. The van der Waals surface area contributed by atoms with Crippen LogP contribution in [0.2, 0.25) is 5.15 Å². The number of amides is 1. The average molecular weight is 322 g/mol. The molecular weight excluding hydrogens is 306 g/mol. The van der Waals surface area contributed by atoms with E-state index in [0.29, 0.717) is 15.8 Å². The predicted molar refractivity (Wildman–Crippen MR) is 85.2 cm³/mol. The molecule has 1 amide bonds. The van der Waals surface area contributed by atoms with Gasteiger partial charge in [0.25, 0.3) is 5.91 Å². The third kappa shape index (κ3) is 3.60. The molecule has 2 heterocycles. The topological polar surface area (TPSA) is 54.9 Å². The molecule has 0 aliphatic heterocycles. The second kappa shape index (κ2) is 6.54. The van der Waals surface area contributed by atoms with E-state index in [0.717, 1.165) is 18.5 Å². The van der Waals surface area contributed by atoms with E-state index >= 15 is 0 Å². The lowest BCUT2D eigenvalue weighted by Crippen LogP contribution is -2.11. The standard InChI is InChI=1S/C15H16ClN3OS/c16-13-8-7-10(9-17-13)14(20)19-15-18-11-5-3-1-2-4-6-12(11)21-15/h7-9H,1-6H2,(H,18,19,20). The summed E-state index contributed by atoms with van der Waals surface area (Å²) in [5, 5.41) is 3.92. The summed E-state index contributed by atoms with van der Waals surface area (Å²) < 4.78 is 0. The minimum Gasteiger partial charge on any atom is -0.298 e. The Morgan fingerprint density at radius 2 is 2.00 bits per heavy atom. The zero-order valence-electron chi connectivity index (χ0n) is 11.6. The Hall–Kier alpha value is -1.46. The van der Waals surface area contributed by atoms with Crippen LogP contribution in [-0.2, 0) is 12.8 Å². The number of carbonyl (C=O) groups excluding carboxylic acids is 1. The number of halogens is 1. The molecule has 0 saturated carbocycles. The Morgan fingerprint density at radius 3 is 2.76 bits per heavy atom. The monoisotopic (exact) mass is 321 g/mol. The second-order valence-corrected chi connectivity index (χ2v) is 6.60. The third-order valence-corrected chi connectivity index (χ3v) is 4.85. The van der Waals surface area contributed by atoms with Crippen LogP contribution in [0.3, 0.4) is 0 Å². The SMILES string of the molecule is O=C(Nc1nc2c(s1)CCCCCC2)c1ccc(Cl)nc1. The molecule has 1 aliphatic rings. The van der Waals surface area contributed by atoms with Crippen molar-refractivity contribution in [2.45, 2.75) is 38.5 Å². The number of thiazole rings is 1. The van der Waals surface area contributed by atoms with Gasteiger partial charge >= 0.3 is 0 Å². The van der Waals surface area contributed by atoms with Gasteiger partial charge in [-0.25, -0.2) is 9.97 Å². The predicted octanol–water partition coefficient (Wildman–Crippen LogP) is 4.10. The van der Waals surface area contributed by atoms with Crippen LogP contribution in [0.1, 0.15) is 46.6 Å². The first-order valence-electron chi connectivity index (χ1n) is 7.14. The molecule has 6 heteroatoms. The number of nitrogens with one attached hydrogen (secondary N) is 1. The van der Waals surface area contributed by atoms with E-state index in [1.54, 1.807) is 23.5 Å². The van der Waals surface area contributed by atoms with Gasteiger partial charge in [-0.2, -0.15) is 0 Å². The summed E-state index contributed by atoms with van der Waals surface area (Å²) in [7, 11) is 0. The molecule has 0 aromatic carbocycles. The number of carbonyl (C=O) groups is 1. The zero-order valence-corrected chi connectivity index (χ0v) is 13.1. The highest BCUT2D eigenvalue weighted by atomic mass is 35.5. The number of hydrogen-bond donors (Lipinski definition) is 1. The maximum atomic E-state index is 12.1. The molecule has 0 atom stereocenters. The molecule has 1 N–H and O–H groups in total. The molecule has 2 aromatic rings. The maximum absolute atomic E-state index is 12.1. The molecule has 0 unspecified atom stereocenters. The minimum atomic E-state index is -0.194. The largest absolute Gasteiger partial charge is 0.298 e. The highest BCUT2D eigenvalue weighted by Crippen LogP contribution is 2.28. The van der Waals surface area contributed by atoms with Gasteiger partial charge in [0.05, 0.1) is 11.3 Å². The smallest absolute Gasteiger partial charge is 0.259 e. The molecule has 4 nitrogen and oxygen atoms in total. The van der Waals surface area contributed by atoms with Gasteiger partial charge in [0.1, 0.15) is 5.15 Å². The minimum absolute atomic E-state index is 0.194. The van der Waals surface area contributed by atoms with Crippen LogP contribution in [0.4, 0.5) is 5.13 Å². The van der Waals surface area contributed by atoms with Crippen LogP contribution in [0.15, 0.2) is 18.3 Å². The molecule has 2 aromatic heterocycles. The van der Waals surface area contributed by atoms with Crippen molar-refractivity contribution in [1.29, 1.82) is 0 Å². The van der Waals surface area contributed by atoms with Crippen molar-refractivity contribution in [3.05, 3.63) is 39.6 Å². The lowest BCUT2D eigenvalue weighted by molar-refractivity contribution is 0.102. The summed E-state index contributed by atoms with van der Waals surface area (Å²) in [6, 6.07) is 3.27. The summed E-state index contributed by atoms with van der Waals surface area (Å²) in [6.45, 7) is 0. The van der Waals surface area contributed by atoms with Crippen LogP contribution in [-0.4, -0.2) is 15.9 Å². The van der Waals surface area contributed by atoms with Gasteiger partial charge in [0.15, 0.2) is 5.13 Å². The lowest BCUT2D eigenvalue weighted by Gasteiger charge is -2.06. The van der Waals surface area contributed by atoms with Crippen molar-refractivity contribution in [1.82, 2.24) is 9.97 Å². The normalized spacial score (nSPS) is 14.9. The van der Waals surface area contributed by atoms with Crippen molar-refractivity contribution in [3.8, 4) is 0 Å². The molecule has 110 valence electrons.